The third kappa shape index (κ3) is 3.81. The van der Waals surface area contributed by atoms with E-state index in [1.807, 2.05) is 6.92 Å². The van der Waals surface area contributed by atoms with Crippen LogP contribution in [-0.2, 0) is 14.8 Å². The third-order valence-corrected chi connectivity index (χ3v) is 5.98. The van der Waals surface area contributed by atoms with Crippen LogP contribution in [0.2, 0.25) is 0 Å². The summed E-state index contributed by atoms with van der Waals surface area (Å²) in [6, 6.07) is 4.63. The molecule has 1 aliphatic heterocycles. The van der Waals surface area contributed by atoms with E-state index in [1.54, 1.807) is 17.0 Å². The minimum absolute atomic E-state index is 0.0802. The third-order valence-electron chi connectivity index (χ3n) is 4.04. The minimum Gasteiger partial charge on any atom is -0.497 e. The maximum absolute atomic E-state index is 12.9. The second-order valence-electron chi connectivity index (χ2n) is 5.55. The van der Waals surface area contributed by atoms with Crippen molar-refractivity contribution >= 4 is 15.9 Å². The summed E-state index contributed by atoms with van der Waals surface area (Å²) in [6.07, 6.45) is 1.29. The Morgan fingerprint density at radius 3 is 2.33 bits per heavy atom. The summed E-state index contributed by atoms with van der Waals surface area (Å²) in [4.78, 5) is 13.8. The second-order valence-corrected chi connectivity index (χ2v) is 7.46. The fourth-order valence-electron chi connectivity index (χ4n) is 2.68. The molecule has 0 aliphatic carbocycles. The summed E-state index contributed by atoms with van der Waals surface area (Å²) < 4.78 is 37.4. The molecule has 24 heavy (non-hydrogen) atoms. The summed E-state index contributed by atoms with van der Waals surface area (Å²) in [7, 11) is -0.741. The highest BCUT2D eigenvalue weighted by molar-refractivity contribution is 7.89. The van der Waals surface area contributed by atoms with Gasteiger partial charge in [-0.3, -0.25) is 4.79 Å². The monoisotopic (exact) mass is 356 g/mol. The number of methoxy groups -OCH3 is 2. The molecule has 134 valence electrons. The molecule has 0 aromatic heterocycles. The molecule has 0 spiro atoms. The molecule has 8 heteroatoms. The van der Waals surface area contributed by atoms with Crippen LogP contribution in [0.15, 0.2) is 23.1 Å². The first kappa shape index (κ1) is 18.5. The van der Waals surface area contributed by atoms with Gasteiger partial charge in [-0.15, -0.1) is 0 Å². The lowest BCUT2D eigenvalue weighted by Gasteiger charge is -2.34. The maximum atomic E-state index is 12.9. The zero-order valence-electron chi connectivity index (χ0n) is 14.3. The minimum atomic E-state index is -3.68. The van der Waals surface area contributed by atoms with Crippen molar-refractivity contribution in [3.63, 3.8) is 0 Å². The molecule has 1 aromatic rings. The lowest BCUT2D eigenvalue weighted by Crippen LogP contribution is -2.50. The van der Waals surface area contributed by atoms with Crippen molar-refractivity contribution in [2.24, 2.45) is 0 Å². The van der Waals surface area contributed by atoms with Crippen LogP contribution in [0.1, 0.15) is 19.8 Å². The van der Waals surface area contributed by atoms with E-state index >= 15 is 0 Å². The highest BCUT2D eigenvalue weighted by Crippen LogP contribution is 2.31. The van der Waals surface area contributed by atoms with Crippen molar-refractivity contribution in [1.29, 1.82) is 0 Å². The topological polar surface area (TPSA) is 76.2 Å². The number of carbonyl (C=O) groups is 1. The number of piperazine rings is 1. The first-order valence-corrected chi connectivity index (χ1v) is 9.38. The van der Waals surface area contributed by atoms with Crippen molar-refractivity contribution in [1.82, 2.24) is 9.21 Å². The Kier molecular flexibility index (Phi) is 6.06. The van der Waals surface area contributed by atoms with E-state index in [0.717, 1.165) is 6.42 Å². The molecule has 0 unspecified atom stereocenters. The zero-order chi connectivity index (χ0) is 17.7. The van der Waals surface area contributed by atoms with Gasteiger partial charge in [0.1, 0.15) is 16.4 Å². The van der Waals surface area contributed by atoms with E-state index in [1.165, 1.54) is 24.6 Å². The molecular formula is C16H24N2O5S. The SMILES string of the molecule is CCCC(=O)N1CCN(S(=O)(=O)c2ccc(OC)cc2OC)CC1. The maximum Gasteiger partial charge on any atom is 0.246 e. The first-order valence-electron chi connectivity index (χ1n) is 7.94. The molecule has 7 nitrogen and oxygen atoms in total. The van der Waals surface area contributed by atoms with Crippen LogP contribution < -0.4 is 9.47 Å². The van der Waals surface area contributed by atoms with Crippen LogP contribution in [0.5, 0.6) is 11.5 Å². The van der Waals surface area contributed by atoms with Crippen molar-refractivity contribution < 1.29 is 22.7 Å². The van der Waals surface area contributed by atoms with Gasteiger partial charge in [0.2, 0.25) is 15.9 Å². The number of sulfonamides is 1. The Morgan fingerprint density at radius 1 is 1.12 bits per heavy atom. The molecular weight excluding hydrogens is 332 g/mol. The number of ether oxygens (including phenoxy) is 2. The van der Waals surface area contributed by atoms with Gasteiger partial charge in [-0.05, 0) is 18.6 Å². The van der Waals surface area contributed by atoms with E-state index in [-0.39, 0.29) is 29.6 Å². The van der Waals surface area contributed by atoms with Crippen LogP contribution in [0, 0.1) is 0 Å². The molecule has 2 rings (SSSR count). The fourth-order valence-corrected chi connectivity index (χ4v) is 4.24. The molecule has 0 bridgehead atoms. The predicted molar refractivity (Wildman–Crippen MR) is 89.8 cm³/mol. The summed E-state index contributed by atoms with van der Waals surface area (Å²) in [6.45, 7) is 3.35. The van der Waals surface area contributed by atoms with Gasteiger partial charge in [-0.25, -0.2) is 8.42 Å². The van der Waals surface area contributed by atoms with E-state index < -0.39 is 10.0 Å². The summed E-state index contributed by atoms with van der Waals surface area (Å²) in [5, 5.41) is 0. The normalized spacial score (nSPS) is 16.0. The Bertz CT molecular complexity index is 682. The van der Waals surface area contributed by atoms with Gasteiger partial charge in [-0.2, -0.15) is 4.31 Å². The molecule has 1 amide bonds. The Morgan fingerprint density at radius 2 is 1.79 bits per heavy atom. The van der Waals surface area contributed by atoms with Crippen LogP contribution in [0.25, 0.3) is 0 Å². The molecule has 0 radical (unpaired) electrons. The van der Waals surface area contributed by atoms with Crippen LogP contribution >= 0.6 is 0 Å². The van der Waals surface area contributed by atoms with Gasteiger partial charge in [0.25, 0.3) is 0 Å². The Hall–Kier alpha value is -1.80. The lowest BCUT2D eigenvalue weighted by molar-refractivity contribution is -0.132. The highest BCUT2D eigenvalue weighted by atomic mass is 32.2. The molecule has 1 aromatic carbocycles. The van der Waals surface area contributed by atoms with E-state index in [4.69, 9.17) is 9.47 Å². The number of hydrogen-bond donors (Lipinski definition) is 0. The number of hydrogen-bond acceptors (Lipinski definition) is 5. The quantitative estimate of drug-likeness (QED) is 0.769. The second kappa shape index (κ2) is 7.85. The molecule has 0 N–H and O–H groups in total. The number of rotatable bonds is 6. The van der Waals surface area contributed by atoms with Crippen molar-refractivity contribution in [2.75, 3.05) is 40.4 Å². The predicted octanol–water partition coefficient (Wildman–Crippen LogP) is 1.34. The van der Waals surface area contributed by atoms with Gasteiger partial charge in [0.05, 0.1) is 14.2 Å². The van der Waals surface area contributed by atoms with Gasteiger partial charge >= 0.3 is 0 Å². The summed E-state index contributed by atoms with van der Waals surface area (Å²) in [5.74, 6) is 0.858. The standard InChI is InChI=1S/C16H24N2O5S/c1-4-5-16(19)17-8-10-18(11-9-17)24(20,21)15-7-6-13(22-2)12-14(15)23-3/h6-7,12H,4-5,8-11H2,1-3H3. The van der Waals surface area contributed by atoms with Gasteiger partial charge in [0.15, 0.2) is 0 Å². The van der Waals surface area contributed by atoms with Crippen LogP contribution in [-0.4, -0.2) is 63.9 Å². The van der Waals surface area contributed by atoms with Crippen LogP contribution in [0.4, 0.5) is 0 Å². The largest absolute Gasteiger partial charge is 0.497 e. The molecule has 1 fully saturated rings. The summed E-state index contributed by atoms with van der Waals surface area (Å²) >= 11 is 0. The smallest absolute Gasteiger partial charge is 0.246 e. The van der Waals surface area contributed by atoms with Gasteiger partial charge < -0.3 is 14.4 Å². The van der Waals surface area contributed by atoms with Gasteiger partial charge in [0, 0.05) is 38.7 Å². The number of nitrogens with zero attached hydrogens (tertiary/aromatic N) is 2. The van der Waals surface area contributed by atoms with E-state index in [0.29, 0.717) is 25.3 Å². The average molecular weight is 356 g/mol. The van der Waals surface area contributed by atoms with Gasteiger partial charge in [-0.1, -0.05) is 6.92 Å². The molecule has 1 saturated heterocycles. The van der Waals surface area contributed by atoms with Crippen molar-refractivity contribution in [2.45, 2.75) is 24.7 Å². The summed E-state index contributed by atoms with van der Waals surface area (Å²) in [5.41, 5.74) is 0. The van der Waals surface area contributed by atoms with Crippen LogP contribution in [0.3, 0.4) is 0 Å². The van der Waals surface area contributed by atoms with E-state index in [9.17, 15) is 13.2 Å². The Balaban J connectivity index is 2.16. The zero-order valence-corrected chi connectivity index (χ0v) is 15.1. The molecule has 0 saturated carbocycles. The first-order chi connectivity index (χ1) is 11.4. The number of benzene rings is 1. The Labute approximate surface area is 143 Å². The molecule has 0 atom stereocenters. The van der Waals surface area contributed by atoms with Crippen molar-refractivity contribution in [3.05, 3.63) is 18.2 Å². The average Bonchev–Trinajstić information content (AvgIpc) is 2.61. The number of carbonyl (C=O) groups excluding carboxylic acids is 1. The lowest BCUT2D eigenvalue weighted by atomic mass is 10.2. The van der Waals surface area contributed by atoms with E-state index in [2.05, 4.69) is 0 Å². The molecule has 1 heterocycles. The highest BCUT2D eigenvalue weighted by Gasteiger charge is 2.32. The number of amides is 1. The molecule has 1 aliphatic rings. The fraction of sp³-hybridized carbons (Fsp3) is 0.562. The van der Waals surface area contributed by atoms with Crippen molar-refractivity contribution in [3.8, 4) is 11.5 Å².